The summed E-state index contributed by atoms with van der Waals surface area (Å²) in [6.45, 7) is 1.95. The maximum Gasteiger partial charge on any atom is 0.340 e. The second kappa shape index (κ2) is 5.82. The van der Waals surface area contributed by atoms with Crippen LogP contribution in [-0.2, 0) is 4.74 Å². The molecular weight excluding hydrogens is 235 g/mol. The summed E-state index contributed by atoms with van der Waals surface area (Å²) >= 11 is 0. The van der Waals surface area contributed by atoms with Crippen LogP contribution in [0.1, 0.15) is 23.2 Å². The van der Waals surface area contributed by atoms with Gasteiger partial charge in [0.2, 0.25) is 0 Å². The van der Waals surface area contributed by atoms with Gasteiger partial charge in [-0.3, -0.25) is 0 Å². The molecule has 2 rings (SSSR count). The molecule has 1 aliphatic heterocycles. The third-order valence-corrected chi connectivity index (χ3v) is 3.08. The van der Waals surface area contributed by atoms with Crippen molar-refractivity contribution in [1.82, 2.24) is 5.32 Å². The number of rotatable bonds is 3. The van der Waals surface area contributed by atoms with E-state index >= 15 is 0 Å². The minimum Gasteiger partial charge on any atom is -0.465 e. The van der Waals surface area contributed by atoms with E-state index in [9.17, 15) is 9.18 Å². The maximum absolute atomic E-state index is 13.4. The zero-order valence-electron chi connectivity index (χ0n) is 10.3. The Morgan fingerprint density at radius 1 is 1.44 bits per heavy atom. The van der Waals surface area contributed by atoms with Gasteiger partial charge in [-0.15, -0.1) is 0 Å². The molecule has 0 aliphatic carbocycles. The van der Waals surface area contributed by atoms with Crippen molar-refractivity contribution < 1.29 is 13.9 Å². The molecule has 98 valence electrons. The molecular formula is C13H17FN2O2. The molecule has 1 heterocycles. The zero-order chi connectivity index (χ0) is 13.0. The largest absolute Gasteiger partial charge is 0.465 e. The average molecular weight is 252 g/mol. The van der Waals surface area contributed by atoms with Crippen LogP contribution >= 0.6 is 0 Å². The van der Waals surface area contributed by atoms with Crippen LogP contribution < -0.4 is 10.6 Å². The highest BCUT2D eigenvalue weighted by molar-refractivity contribution is 5.90. The third kappa shape index (κ3) is 2.98. The minimum atomic E-state index is -0.651. The van der Waals surface area contributed by atoms with Crippen LogP contribution in [0.25, 0.3) is 0 Å². The summed E-state index contributed by atoms with van der Waals surface area (Å²) in [5.74, 6) is -1.21. The van der Waals surface area contributed by atoms with Gasteiger partial charge in [0.05, 0.1) is 12.7 Å². The number of carbonyl (C=O) groups is 1. The highest BCUT2D eigenvalue weighted by Gasteiger charge is 2.16. The van der Waals surface area contributed by atoms with E-state index in [1.54, 1.807) is 6.07 Å². The standard InChI is InChI=1S/C13H17FN2O2/c1-18-13(17)11-8-10(2-3-12(11)14)16-9-4-6-15-7-5-9/h2-3,8-9,15-16H,4-7H2,1H3. The smallest absolute Gasteiger partial charge is 0.340 e. The first-order chi connectivity index (χ1) is 8.70. The molecule has 1 aromatic rings. The van der Waals surface area contributed by atoms with Crippen molar-refractivity contribution in [2.75, 3.05) is 25.5 Å². The average Bonchev–Trinajstić information content (AvgIpc) is 2.41. The lowest BCUT2D eigenvalue weighted by Gasteiger charge is -2.24. The Hall–Kier alpha value is -1.62. The highest BCUT2D eigenvalue weighted by Crippen LogP contribution is 2.18. The number of hydrogen-bond acceptors (Lipinski definition) is 4. The first kappa shape index (κ1) is 12.8. The van der Waals surface area contributed by atoms with Gasteiger partial charge in [0.1, 0.15) is 5.82 Å². The molecule has 1 aliphatic rings. The molecule has 0 saturated carbocycles. The Labute approximate surface area is 106 Å². The molecule has 0 spiro atoms. The molecule has 0 amide bonds. The predicted octanol–water partition coefficient (Wildman–Crippen LogP) is 1.78. The number of anilines is 1. The quantitative estimate of drug-likeness (QED) is 0.805. The van der Waals surface area contributed by atoms with Gasteiger partial charge in [0.15, 0.2) is 0 Å². The predicted molar refractivity (Wildman–Crippen MR) is 67.3 cm³/mol. The molecule has 1 aromatic carbocycles. The SMILES string of the molecule is COC(=O)c1cc(NC2CCNCC2)ccc1F. The van der Waals surface area contributed by atoms with Crippen molar-refractivity contribution in [2.24, 2.45) is 0 Å². The number of nitrogens with one attached hydrogen (secondary N) is 2. The van der Waals surface area contributed by atoms with Crippen LogP contribution in [0.4, 0.5) is 10.1 Å². The first-order valence-corrected chi connectivity index (χ1v) is 6.06. The fourth-order valence-electron chi connectivity index (χ4n) is 2.08. The van der Waals surface area contributed by atoms with E-state index in [4.69, 9.17) is 0 Å². The van der Waals surface area contributed by atoms with Crippen molar-refractivity contribution in [2.45, 2.75) is 18.9 Å². The molecule has 1 fully saturated rings. The van der Waals surface area contributed by atoms with Crippen molar-refractivity contribution in [3.8, 4) is 0 Å². The van der Waals surface area contributed by atoms with Crippen molar-refractivity contribution in [3.63, 3.8) is 0 Å². The molecule has 0 bridgehead atoms. The lowest BCUT2D eigenvalue weighted by Crippen LogP contribution is -2.35. The van der Waals surface area contributed by atoms with Crippen molar-refractivity contribution in [1.29, 1.82) is 0 Å². The summed E-state index contributed by atoms with van der Waals surface area (Å²) in [4.78, 5) is 11.4. The van der Waals surface area contributed by atoms with Gasteiger partial charge in [-0.05, 0) is 44.1 Å². The van der Waals surface area contributed by atoms with Crippen LogP contribution in [0.15, 0.2) is 18.2 Å². The second-order valence-corrected chi connectivity index (χ2v) is 4.35. The number of ether oxygens (including phenoxy) is 1. The Balaban J connectivity index is 2.11. The van der Waals surface area contributed by atoms with Gasteiger partial charge in [-0.1, -0.05) is 0 Å². The number of piperidine rings is 1. The summed E-state index contributed by atoms with van der Waals surface area (Å²) in [6, 6.07) is 4.80. The van der Waals surface area contributed by atoms with Gasteiger partial charge in [0, 0.05) is 11.7 Å². The fourth-order valence-corrected chi connectivity index (χ4v) is 2.08. The molecule has 0 radical (unpaired) electrons. The molecule has 2 N–H and O–H groups in total. The minimum absolute atomic E-state index is 0.0311. The van der Waals surface area contributed by atoms with Gasteiger partial charge in [-0.2, -0.15) is 0 Å². The van der Waals surface area contributed by atoms with Crippen LogP contribution in [0, 0.1) is 5.82 Å². The van der Waals surface area contributed by atoms with Crippen LogP contribution in [0.2, 0.25) is 0 Å². The number of methoxy groups -OCH3 is 1. The maximum atomic E-state index is 13.4. The van der Waals surface area contributed by atoms with Gasteiger partial charge in [0.25, 0.3) is 0 Å². The van der Waals surface area contributed by atoms with E-state index in [1.165, 1.54) is 19.2 Å². The number of hydrogen-bond donors (Lipinski definition) is 2. The van der Waals surface area contributed by atoms with Crippen molar-refractivity contribution >= 4 is 11.7 Å². The normalized spacial score (nSPS) is 16.3. The lowest BCUT2D eigenvalue weighted by molar-refractivity contribution is 0.0595. The summed E-state index contributed by atoms with van der Waals surface area (Å²) in [5, 5.41) is 6.59. The first-order valence-electron chi connectivity index (χ1n) is 6.06. The molecule has 0 aromatic heterocycles. The number of benzene rings is 1. The van der Waals surface area contributed by atoms with Gasteiger partial charge < -0.3 is 15.4 Å². The molecule has 0 unspecified atom stereocenters. The van der Waals surface area contributed by atoms with Gasteiger partial charge in [-0.25, -0.2) is 9.18 Å². The molecule has 0 atom stereocenters. The Morgan fingerprint density at radius 2 is 2.17 bits per heavy atom. The number of halogens is 1. The van der Waals surface area contributed by atoms with E-state index in [0.29, 0.717) is 6.04 Å². The topological polar surface area (TPSA) is 50.4 Å². The third-order valence-electron chi connectivity index (χ3n) is 3.08. The van der Waals surface area contributed by atoms with Crippen LogP contribution in [-0.4, -0.2) is 32.2 Å². The van der Waals surface area contributed by atoms with Crippen molar-refractivity contribution in [3.05, 3.63) is 29.6 Å². The van der Waals surface area contributed by atoms with Crippen LogP contribution in [0.5, 0.6) is 0 Å². The van der Waals surface area contributed by atoms with Gasteiger partial charge >= 0.3 is 5.97 Å². The summed E-state index contributed by atoms with van der Waals surface area (Å²) in [5.41, 5.74) is 0.722. The zero-order valence-corrected chi connectivity index (χ0v) is 10.3. The molecule has 5 heteroatoms. The van der Waals surface area contributed by atoms with E-state index in [1.807, 2.05) is 0 Å². The van der Waals surface area contributed by atoms with E-state index in [0.717, 1.165) is 31.6 Å². The Kier molecular flexibility index (Phi) is 4.15. The molecule has 18 heavy (non-hydrogen) atoms. The summed E-state index contributed by atoms with van der Waals surface area (Å²) in [7, 11) is 1.24. The highest BCUT2D eigenvalue weighted by atomic mass is 19.1. The van der Waals surface area contributed by atoms with E-state index in [-0.39, 0.29) is 5.56 Å². The second-order valence-electron chi connectivity index (χ2n) is 4.35. The molecule has 1 saturated heterocycles. The number of carbonyl (C=O) groups excluding carboxylic acids is 1. The monoisotopic (exact) mass is 252 g/mol. The number of esters is 1. The fraction of sp³-hybridized carbons (Fsp3) is 0.462. The summed E-state index contributed by atoms with van der Waals surface area (Å²) < 4.78 is 18.0. The van der Waals surface area contributed by atoms with Crippen LogP contribution in [0.3, 0.4) is 0 Å². The Morgan fingerprint density at radius 3 is 2.83 bits per heavy atom. The molecule has 4 nitrogen and oxygen atoms in total. The lowest BCUT2D eigenvalue weighted by atomic mass is 10.1. The van der Waals surface area contributed by atoms with E-state index in [2.05, 4.69) is 15.4 Å². The Bertz CT molecular complexity index is 431. The summed E-state index contributed by atoms with van der Waals surface area (Å²) in [6.07, 6.45) is 2.04. The van der Waals surface area contributed by atoms with E-state index < -0.39 is 11.8 Å².